The Labute approximate surface area is 120 Å². The summed E-state index contributed by atoms with van der Waals surface area (Å²) in [7, 11) is 0. The zero-order valence-corrected chi connectivity index (χ0v) is 12.6. The Hall–Kier alpha value is -1.77. The minimum Gasteiger partial charge on any atom is -0.398 e. The number of hydrogen-bond acceptors (Lipinski definition) is 3. The van der Waals surface area contributed by atoms with E-state index in [-0.39, 0.29) is 0 Å². The van der Waals surface area contributed by atoms with Crippen LogP contribution in [0.25, 0.3) is 10.8 Å². The fourth-order valence-corrected chi connectivity index (χ4v) is 2.98. The molecule has 2 heterocycles. The van der Waals surface area contributed by atoms with Gasteiger partial charge in [-0.3, -0.25) is 4.98 Å². The monoisotopic (exact) mass is 269 g/mol. The first-order valence-electron chi connectivity index (χ1n) is 7.36. The molecule has 0 unspecified atom stereocenters. The standard InChI is InChI=1S/C17H23N3/c1-12-10-13-14(11-19-12)15(18)4-5-16(13)20-8-6-17(2,3)7-9-20/h4-5,10-11H,6-9,18H2,1-3H3. The normalized spacial score (nSPS) is 18.4. The van der Waals surface area contributed by atoms with Crippen LogP contribution in [-0.2, 0) is 0 Å². The van der Waals surface area contributed by atoms with Crippen molar-refractivity contribution >= 4 is 22.1 Å². The highest BCUT2D eigenvalue weighted by molar-refractivity contribution is 6.01. The molecule has 1 aromatic heterocycles. The molecule has 0 amide bonds. The molecule has 3 heteroatoms. The summed E-state index contributed by atoms with van der Waals surface area (Å²) in [4.78, 5) is 6.87. The van der Waals surface area contributed by atoms with Crippen LogP contribution in [0.4, 0.5) is 11.4 Å². The Kier molecular flexibility index (Phi) is 3.08. The molecule has 3 nitrogen and oxygen atoms in total. The number of nitrogens with zero attached hydrogens (tertiary/aromatic N) is 2. The van der Waals surface area contributed by atoms with Crippen molar-refractivity contribution in [3.8, 4) is 0 Å². The van der Waals surface area contributed by atoms with Gasteiger partial charge >= 0.3 is 0 Å². The number of fused-ring (bicyclic) bond motifs is 1. The lowest BCUT2D eigenvalue weighted by Crippen LogP contribution is -2.37. The predicted octanol–water partition coefficient (Wildman–Crippen LogP) is 3.75. The molecule has 1 saturated heterocycles. The molecule has 0 saturated carbocycles. The summed E-state index contributed by atoms with van der Waals surface area (Å²) in [5, 5.41) is 2.30. The summed E-state index contributed by atoms with van der Waals surface area (Å²) >= 11 is 0. The van der Waals surface area contributed by atoms with E-state index in [0.29, 0.717) is 5.41 Å². The minimum atomic E-state index is 0.470. The number of aromatic nitrogens is 1. The van der Waals surface area contributed by atoms with Crippen molar-refractivity contribution in [2.24, 2.45) is 5.41 Å². The van der Waals surface area contributed by atoms with Crippen molar-refractivity contribution in [2.45, 2.75) is 33.6 Å². The fourth-order valence-electron chi connectivity index (χ4n) is 2.98. The summed E-state index contributed by atoms with van der Waals surface area (Å²) in [6.07, 6.45) is 4.38. The van der Waals surface area contributed by atoms with Crippen molar-refractivity contribution in [3.05, 3.63) is 30.1 Å². The van der Waals surface area contributed by atoms with E-state index in [1.165, 1.54) is 23.9 Å². The van der Waals surface area contributed by atoms with E-state index in [0.717, 1.165) is 29.9 Å². The number of anilines is 2. The van der Waals surface area contributed by atoms with Crippen molar-refractivity contribution in [1.29, 1.82) is 0 Å². The van der Waals surface area contributed by atoms with Crippen LogP contribution in [0, 0.1) is 12.3 Å². The van der Waals surface area contributed by atoms with Gasteiger partial charge in [-0.05, 0) is 43.4 Å². The molecular formula is C17H23N3. The van der Waals surface area contributed by atoms with Gasteiger partial charge in [-0.15, -0.1) is 0 Å². The lowest BCUT2D eigenvalue weighted by molar-refractivity contribution is 0.280. The third kappa shape index (κ3) is 2.33. The Morgan fingerprint density at radius 1 is 1.15 bits per heavy atom. The molecule has 20 heavy (non-hydrogen) atoms. The van der Waals surface area contributed by atoms with Crippen LogP contribution >= 0.6 is 0 Å². The second-order valence-electron chi connectivity index (χ2n) is 6.70. The topological polar surface area (TPSA) is 42.1 Å². The van der Waals surface area contributed by atoms with E-state index < -0.39 is 0 Å². The number of aryl methyl sites for hydroxylation is 1. The van der Waals surface area contributed by atoms with Crippen molar-refractivity contribution in [1.82, 2.24) is 4.98 Å². The average Bonchev–Trinajstić information content (AvgIpc) is 2.40. The number of rotatable bonds is 1. The Morgan fingerprint density at radius 3 is 2.55 bits per heavy atom. The van der Waals surface area contributed by atoms with Gasteiger partial charge in [-0.2, -0.15) is 0 Å². The number of nitrogen functional groups attached to an aromatic ring is 1. The third-order valence-electron chi connectivity index (χ3n) is 4.51. The van der Waals surface area contributed by atoms with Gasteiger partial charge in [-0.1, -0.05) is 13.8 Å². The van der Waals surface area contributed by atoms with Gasteiger partial charge in [0.15, 0.2) is 0 Å². The van der Waals surface area contributed by atoms with Gasteiger partial charge in [0.1, 0.15) is 0 Å². The summed E-state index contributed by atoms with van der Waals surface area (Å²) in [6.45, 7) is 8.99. The second-order valence-corrected chi connectivity index (χ2v) is 6.70. The van der Waals surface area contributed by atoms with Crippen LogP contribution in [0.3, 0.4) is 0 Å². The van der Waals surface area contributed by atoms with Crippen molar-refractivity contribution < 1.29 is 0 Å². The number of hydrogen-bond donors (Lipinski definition) is 1. The third-order valence-corrected chi connectivity index (χ3v) is 4.51. The SMILES string of the molecule is Cc1cc2c(N3CCC(C)(C)CC3)ccc(N)c2cn1. The number of piperidine rings is 1. The van der Waals surface area contributed by atoms with Gasteiger partial charge in [-0.25, -0.2) is 0 Å². The van der Waals surface area contributed by atoms with Crippen molar-refractivity contribution in [2.75, 3.05) is 23.7 Å². The molecule has 1 aliphatic rings. The maximum absolute atomic E-state index is 6.09. The molecule has 3 rings (SSSR count). The van der Waals surface area contributed by atoms with Gasteiger partial charge in [0.25, 0.3) is 0 Å². The molecule has 1 fully saturated rings. The van der Waals surface area contributed by atoms with Crippen LogP contribution in [0.15, 0.2) is 24.4 Å². The predicted molar refractivity (Wildman–Crippen MR) is 86.1 cm³/mol. The maximum Gasteiger partial charge on any atom is 0.0448 e. The van der Waals surface area contributed by atoms with E-state index in [1.807, 2.05) is 19.2 Å². The number of pyridine rings is 1. The molecule has 0 spiro atoms. The molecule has 1 aliphatic heterocycles. The zero-order valence-electron chi connectivity index (χ0n) is 12.6. The first-order valence-corrected chi connectivity index (χ1v) is 7.36. The first-order chi connectivity index (χ1) is 9.46. The maximum atomic E-state index is 6.09. The average molecular weight is 269 g/mol. The van der Waals surface area contributed by atoms with Gasteiger partial charge in [0.05, 0.1) is 0 Å². The van der Waals surface area contributed by atoms with Gasteiger partial charge in [0, 0.05) is 47.1 Å². The van der Waals surface area contributed by atoms with Crippen molar-refractivity contribution in [3.63, 3.8) is 0 Å². The lowest BCUT2D eigenvalue weighted by Gasteiger charge is -2.38. The molecule has 1 aromatic carbocycles. The summed E-state index contributed by atoms with van der Waals surface area (Å²) in [6, 6.07) is 6.32. The molecule has 0 aliphatic carbocycles. The molecule has 2 N–H and O–H groups in total. The van der Waals surface area contributed by atoms with Gasteiger partial charge < -0.3 is 10.6 Å². The minimum absolute atomic E-state index is 0.470. The van der Waals surface area contributed by atoms with E-state index >= 15 is 0 Å². The second kappa shape index (κ2) is 4.65. The largest absolute Gasteiger partial charge is 0.398 e. The molecule has 106 valence electrons. The molecule has 0 radical (unpaired) electrons. The molecule has 0 atom stereocenters. The van der Waals surface area contributed by atoms with E-state index in [4.69, 9.17) is 5.73 Å². The Balaban J connectivity index is 2.04. The molecular weight excluding hydrogens is 246 g/mol. The van der Waals surface area contributed by atoms with Crippen LogP contribution < -0.4 is 10.6 Å². The van der Waals surface area contributed by atoms with Crippen LogP contribution in [-0.4, -0.2) is 18.1 Å². The van der Waals surface area contributed by atoms with Crippen LogP contribution in [0.2, 0.25) is 0 Å². The first kappa shape index (κ1) is 13.2. The number of benzene rings is 1. The van der Waals surface area contributed by atoms with Crippen LogP contribution in [0.1, 0.15) is 32.4 Å². The van der Waals surface area contributed by atoms with E-state index in [9.17, 15) is 0 Å². The summed E-state index contributed by atoms with van der Waals surface area (Å²) in [5.41, 5.74) is 9.72. The fraction of sp³-hybridized carbons (Fsp3) is 0.471. The summed E-state index contributed by atoms with van der Waals surface area (Å²) < 4.78 is 0. The molecule has 0 bridgehead atoms. The van der Waals surface area contributed by atoms with E-state index in [2.05, 4.69) is 35.9 Å². The highest BCUT2D eigenvalue weighted by atomic mass is 15.1. The highest BCUT2D eigenvalue weighted by Gasteiger charge is 2.26. The van der Waals surface area contributed by atoms with E-state index in [1.54, 1.807) is 0 Å². The highest BCUT2D eigenvalue weighted by Crippen LogP contribution is 2.36. The molecule has 2 aromatic rings. The number of nitrogens with two attached hydrogens (primary N) is 1. The quantitative estimate of drug-likeness (QED) is 0.802. The zero-order chi connectivity index (χ0) is 14.3. The van der Waals surface area contributed by atoms with Gasteiger partial charge in [0.2, 0.25) is 0 Å². The Morgan fingerprint density at radius 2 is 1.85 bits per heavy atom. The summed E-state index contributed by atoms with van der Waals surface area (Å²) in [5.74, 6) is 0. The van der Waals surface area contributed by atoms with Crippen LogP contribution in [0.5, 0.6) is 0 Å². The lowest BCUT2D eigenvalue weighted by atomic mass is 9.82. The smallest absolute Gasteiger partial charge is 0.0448 e. The Bertz CT molecular complexity index is 636.